The van der Waals surface area contributed by atoms with E-state index in [4.69, 9.17) is 4.74 Å². The monoisotopic (exact) mass is 196 g/mol. The molecule has 0 aromatic heterocycles. The molecule has 0 heterocycles. The molecule has 0 N–H and O–H groups in total. The summed E-state index contributed by atoms with van der Waals surface area (Å²) in [7, 11) is 0. The van der Waals surface area contributed by atoms with E-state index >= 15 is 0 Å². The van der Waals surface area contributed by atoms with Crippen LogP contribution < -0.4 is 0 Å². The molecule has 14 heavy (non-hydrogen) atoms. The first kappa shape index (κ1) is 11.6. The molecule has 0 bridgehead atoms. The molecule has 1 heteroatoms. The van der Waals surface area contributed by atoms with Gasteiger partial charge < -0.3 is 4.74 Å². The topological polar surface area (TPSA) is 9.23 Å². The summed E-state index contributed by atoms with van der Waals surface area (Å²) in [6.45, 7) is 12.6. The Morgan fingerprint density at radius 1 is 1.36 bits per heavy atom. The predicted octanol–water partition coefficient (Wildman–Crippen LogP) is 4.14. The molecule has 0 spiro atoms. The lowest BCUT2D eigenvalue weighted by molar-refractivity contribution is 0.0420. The number of hydrogen-bond acceptors (Lipinski definition) is 1. The minimum atomic E-state index is 0.351. The molecule has 0 aromatic carbocycles. The predicted molar refractivity (Wildman–Crippen MR) is 61.1 cm³/mol. The van der Waals surface area contributed by atoms with Crippen LogP contribution >= 0.6 is 0 Å². The van der Waals surface area contributed by atoms with Gasteiger partial charge in [-0.1, -0.05) is 20.4 Å². The quantitative estimate of drug-likeness (QED) is 0.616. The Hall–Kier alpha value is -0.460. The lowest BCUT2D eigenvalue weighted by Crippen LogP contribution is -2.28. The first-order chi connectivity index (χ1) is 6.41. The summed E-state index contributed by atoms with van der Waals surface area (Å²) in [6, 6.07) is 0. The van der Waals surface area contributed by atoms with Crippen molar-refractivity contribution in [2.75, 3.05) is 0 Å². The maximum Gasteiger partial charge on any atom is 0.0982 e. The summed E-state index contributed by atoms with van der Waals surface area (Å²) >= 11 is 0. The van der Waals surface area contributed by atoms with Gasteiger partial charge in [-0.25, -0.2) is 0 Å². The molecule has 0 unspecified atom stereocenters. The summed E-state index contributed by atoms with van der Waals surface area (Å²) < 4.78 is 5.66. The van der Waals surface area contributed by atoms with Gasteiger partial charge in [0.15, 0.2) is 0 Å². The van der Waals surface area contributed by atoms with Crippen LogP contribution in [0.4, 0.5) is 0 Å². The van der Waals surface area contributed by atoms with Gasteiger partial charge >= 0.3 is 0 Å². The van der Waals surface area contributed by atoms with E-state index in [9.17, 15) is 0 Å². The van der Waals surface area contributed by atoms with Gasteiger partial charge in [0.05, 0.1) is 11.9 Å². The van der Waals surface area contributed by atoms with Crippen LogP contribution in [0.5, 0.6) is 0 Å². The van der Waals surface area contributed by atoms with Crippen molar-refractivity contribution in [3.05, 3.63) is 12.3 Å². The van der Waals surface area contributed by atoms with Crippen molar-refractivity contribution in [1.82, 2.24) is 0 Å². The van der Waals surface area contributed by atoms with Crippen molar-refractivity contribution in [3.63, 3.8) is 0 Å². The fourth-order valence-corrected chi connectivity index (χ4v) is 2.30. The summed E-state index contributed by atoms with van der Waals surface area (Å²) in [5.74, 6) is 1.59. The summed E-state index contributed by atoms with van der Waals surface area (Å²) in [4.78, 5) is 0. The Balaban J connectivity index is 2.37. The number of allylic oxidation sites excluding steroid dienone is 1. The van der Waals surface area contributed by atoms with Crippen LogP contribution in [0.25, 0.3) is 0 Å². The number of rotatable bonds is 3. The van der Waals surface area contributed by atoms with Crippen LogP contribution in [-0.2, 0) is 4.74 Å². The highest BCUT2D eigenvalue weighted by molar-refractivity contribution is 4.84. The molecular formula is C13H24O. The Morgan fingerprint density at radius 2 is 1.86 bits per heavy atom. The van der Waals surface area contributed by atoms with Crippen LogP contribution in [0.3, 0.4) is 0 Å². The van der Waals surface area contributed by atoms with E-state index in [0.717, 1.165) is 11.7 Å². The van der Waals surface area contributed by atoms with Gasteiger partial charge in [0.1, 0.15) is 0 Å². The van der Waals surface area contributed by atoms with E-state index < -0.39 is 0 Å². The molecule has 1 atom stereocenters. The second-order valence-electron chi connectivity index (χ2n) is 5.53. The highest BCUT2D eigenvalue weighted by Crippen LogP contribution is 2.39. The lowest BCUT2D eigenvalue weighted by atomic mass is 9.72. The first-order valence-electron chi connectivity index (χ1n) is 5.73. The Kier molecular flexibility index (Phi) is 3.63. The Labute approximate surface area is 88.5 Å². The number of hydrogen-bond donors (Lipinski definition) is 0. The molecule has 1 fully saturated rings. The third kappa shape index (κ3) is 3.36. The van der Waals surface area contributed by atoms with E-state index in [0.29, 0.717) is 11.5 Å². The van der Waals surface area contributed by atoms with E-state index in [1.807, 2.05) is 6.92 Å². The zero-order valence-corrected chi connectivity index (χ0v) is 10.1. The zero-order valence-electron chi connectivity index (χ0n) is 10.1. The maximum absolute atomic E-state index is 5.66. The van der Waals surface area contributed by atoms with E-state index in [1.54, 1.807) is 0 Å². The van der Waals surface area contributed by atoms with Gasteiger partial charge in [0, 0.05) is 0 Å². The number of ether oxygens (including phenoxy) is 1. The van der Waals surface area contributed by atoms with E-state index in [2.05, 4.69) is 27.4 Å². The molecule has 0 saturated heterocycles. The Bertz CT molecular complexity index is 195. The smallest absolute Gasteiger partial charge is 0.0982 e. The van der Waals surface area contributed by atoms with Crippen molar-refractivity contribution < 1.29 is 4.74 Å². The van der Waals surface area contributed by atoms with Crippen LogP contribution in [0.1, 0.15) is 53.4 Å². The van der Waals surface area contributed by atoms with Gasteiger partial charge in [-0.3, -0.25) is 0 Å². The van der Waals surface area contributed by atoms with Gasteiger partial charge in [0.25, 0.3) is 0 Å². The molecule has 1 saturated carbocycles. The SMILES string of the molecule is C=C(C)O[C@@H](C)C1CCC(C)(C)CC1. The van der Waals surface area contributed by atoms with E-state index in [-0.39, 0.29) is 0 Å². The molecule has 0 aliphatic heterocycles. The van der Waals surface area contributed by atoms with Crippen LogP contribution in [0.2, 0.25) is 0 Å². The minimum absolute atomic E-state index is 0.351. The highest BCUT2D eigenvalue weighted by atomic mass is 16.5. The van der Waals surface area contributed by atoms with Crippen molar-refractivity contribution in [3.8, 4) is 0 Å². The molecule has 0 aromatic rings. The highest BCUT2D eigenvalue weighted by Gasteiger charge is 2.30. The molecule has 82 valence electrons. The molecule has 1 aliphatic carbocycles. The average Bonchev–Trinajstić information content (AvgIpc) is 2.02. The molecule has 1 rings (SSSR count). The van der Waals surface area contributed by atoms with Gasteiger partial charge in [-0.05, 0) is 50.9 Å². The molecule has 1 nitrogen and oxygen atoms in total. The summed E-state index contributed by atoms with van der Waals surface area (Å²) in [6.07, 6.45) is 5.63. The molecule has 0 amide bonds. The van der Waals surface area contributed by atoms with Gasteiger partial charge in [-0.15, -0.1) is 0 Å². The van der Waals surface area contributed by atoms with E-state index in [1.165, 1.54) is 25.7 Å². The lowest BCUT2D eigenvalue weighted by Gasteiger charge is -2.36. The van der Waals surface area contributed by atoms with Gasteiger partial charge in [0.2, 0.25) is 0 Å². The summed E-state index contributed by atoms with van der Waals surface area (Å²) in [5.41, 5.74) is 0.555. The largest absolute Gasteiger partial charge is 0.496 e. The average molecular weight is 196 g/mol. The fourth-order valence-electron chi connectivity index (χ4n) is 2.30. The summed E-state index contributed by atoms with van der Waals surface area (Å²) in [5, 5.41) is 0. The van der Waals surface area contributed by atoms with Crippen molar-refractivity contribution in [1.29, 1.82) is 0 Å². The van der Waals surface area contributed by atoms with Crippen LogP contribution in [-0.4, -0.2) is 6.10 Å². The van der Waals surface area contributed by atoms with Gasteiger partial charge in [-0.2, -0.15) is 0 Å². The standard InChI is InChI=1S/C13H24O/c1-10(2)14-11(3)12-6-8-13(4,5)9-7-12/h11-12H,1,6-9H2,2-5H3/t11-/m0/s1. The third-order valence-electron chi connectivity index (χ3n) is 3.43. The van der Waals surface area contributed by atoms with Crippen molar-refractivity contribution in [2.45, 2.75) is 59.5 Å². The van der Waals surface area contributed by atoms with Crippen LogP contribution in [0.15, 0.2) is 12.3 Å². The first-order valence-corrected chi connectivity index (χ1v) is 5.73. The molecule has 0 radical (unpaired) electrons. The molecule has 1 aliphatic rings. The van der Waals surface area contributed by atoms with Crippen molar-refractivity contribution in [2.24, 2.45) is 11.3 Å². The maximum atomic E-state index is 5.66. The molecular weight excluding hydrogens is 172 g/mol. The van der Waals surface area contributed by atoms with Crippen molar-refractivity contribution >= 4 is 0 Å². The second kappa shape index (κ2) is 4.37. The minimum Gasteiger partial charge on any atom is -0.496 e. The third-order valence-corrected chi connectivity index (χ3v) is 3.43. The zero-order chi connectivity index (χ0) is 10.8. The second-order valence-corrected chi connectivity index (χ2v) is 5.53. The normalized spacial score (nSPS) is 24.3. The Morgan fingerprint density at radius 3 is 2.29 bits per heavy atom. The van der Waals surface area contributed by atoms with Crippen LogP contribution in [0, 0.1) is 11.3 Å². The fraction of sp³-hybridized carbons (Fsp3) is 0.846.